The second kappa shape index (κ2) is 5.02. The number of hydrogen-bond acceptors (Lipinski definition) is 9. The van der Waals surface area contributed by atoms with Gasteiger partial charge in [-0.3, -0.25) is 9.83 Å². The van der Waals surface area contributed by atoms with Crippen molar-refractivity contribution in [3.63, 3.8) is 0 Å². The molecule has 0 aromatic carbocycles. The number of rotatable bonds is 5. The zero-order valence-electron chi connectivity index (χ0n) is 10.7. The SMILES string of the molecule is N#CC12CC3CC1C(OC2=O)C3OC(=O)C(F)(F)SOO[O-]. The highest BCUT2D eigenvalue weighted by Crippen LogP contribution is 2.62. The fraction of sp³-hybridized carbons (Fsp3) is 0.727. The molecule has 0 radical (unpaired) electrons. The molecule has 2 bridgehead atoms. The molecular formula is C11H8F2NO7S-. The first-order chi connectivity index (χ1) is 10.4. The molecule has 11 heteroatoms. The third-order valence-electron chi connectivity index (χ3n) is 4.41. The first-order valence-electron chi connectivity index (χ1n) is 6.21. The maximum Gasteiger partial charge on any atom is 0.415 e. The minimum Gasteiger partial charge on any atom is -0.691 e. The Hall–Kier alpha value is -1.48. The van der Waals surface area contributed by atoms with Crippen molar-refractivity contribution in [2.75, 3.05) is 0 Å². The van der Waals surface area contributed by atoms with E-state index in [0.29, 0.717) is 6.42 Å². The van der Waals surface area contributed by atoms with Gasteiger partial charge in [0, 0.05) is 11.8 Å². The van der Waals surface area contributed by atoms with Crippen molar-refractivity contribution in [2.45, 2.75) is 30.3 Å². The molecule has 3 aliphatic rings. The quantitative estimate of drug-likeness (QED) is 0.292. The first-order valence-corrected chi connectivity index (χ1v) is 6.95. The van der Waals surface area contributed by atoms with E-state index in [4.69, 9.17) is 9.47 Å². The zero-order valence-corrected chi connectivity index (χ0v) is 11.5. The van der Waals surface area contributed by atoms with Crippen LogP contribution in [0.25, 0.3) is 0 Å². The Kier molecular flexibility index (Phi) is 3.52. The van der Waals surface area contributed by atoms with Crippen molar-refractivity contribution in [1.29, 1.82) is 5.26 Å². The molecule has 2 aliphatic carbocycles. The van der Waals surface area contributed by atoms with Gasteiger partial charge >= 0.3 is 17.2 Å². The number of nitrogens with zero attached hydrogens (tertiary/aromatic N) is 1. The minimum atomic E-state index is -4.15. The van der Waals surface area contributed by atoms with Crippen LogP contribution in [0.4, 0.5) is 8.78 Å². The summed E-state index contributed by atoms with van der Waals surface area (Å²) < 4.78 is 39.9. The predicted molar refractivity (Wildman–Crippen MR) is 58.7 cm³/mol. The number of esters is 2. The summed E-state index contributed by atoms with van der Waals surface area (Å²) in [5.74, 6) is -3.49. The molecule has 120 valence electrons. The molecule has 8 nitrogen and oxygen atoms in total. The van der Waals surface area contributed by atoms with Crippen LogP contribution in [0.1, 0.15) is 12.8 Å². The van der Waals surface area contributed by atoms with Crippen LogP contribution in [-0.2, 0) is 28.4 Å². The fourth-order valence-electron chi connectivity index (χ4n) is 3.57. The van der Waals surface area contributed by atoms with E-state index in [1.165, 1.54) is 0 Å². The Bertz CT molecular complexity index is 567. The molecule has 0 N–H and O–H groups in total. The van der Waals surface area contributed by atoms with E-state index in [1.54, 1.807) is 0 Å². The van der Waals surface area contributed by atoms with Crippen molar-refractivity contribution < 1.29 is 42.5 Å². The molecule has 22 heavy (non-hydrogen) atoms. The average Bonchev–Trinajstić information content (AvgIpc) is 3.07. The number of alkyl halides is 2. The van der Waals surface area contributed by atoms with Gasteiger partial charge in [0.1, 0.15) is 24.3 Å². The Morgan fingerprint density at radius 2 is 2.32 bits per heavy atom. The van der Waals surface area contributed by atoms with Gasteiger partial charge in [-0.2, -0.15) is 18.4 Å². The Morgan fingerprint density at radius 1 is 1.59 bits per heavy atom. The number of carbonyl (C=O) groups is 2. The van der Waals surface area contributed by atoms with Gasteiger partial charge in [-0.25, -0.2) is 4.79 Å². The lowest BCUT2D eigenvalue weighted by Gasteiger charge is -2.28. The maximum absolute atomic E-state index is 13.3. The Balaban J connectivity index is 1.71. The molecule has 1 aliphatic heterocycles. The van der Waals surface area contributed by atoms with Crippen LogP contribution in [0.5, 0.6) is 0 Å². The van der Waals surface area contributed by atoms with Crippen LogP contribution in [0.15, 0.2) is 0 Å². The van der Waals surface area contributed by atoms with Gasteiger partial charge in [0.25, 0.3) is 0 Å². The molecule has 1 heterocycles. The minimum absolute atomic E-state index is 0.111. The molecule has 0 aromatic rings. The summed E-state index contributed by atoms with van der Waals surface area (Å²) in [5, 5.41) is 17.3. The summed E-state index contributed by atoms with van der Waals surface area (Å²) in [6.45, 7) is 0. The molecule has 0 spiro atoms. The van der Waals surface area contributed by atoms with Crippen molar-refractivity contribution in [3.05, 3.63) is 0 Å². The van der Waals surface area contributed by atoms with Gasteiger partial charge in [0.15, 0.2) is 5.41 Å². The van der Waals surface area contributed by atoms with E-state index in [9.17, 15) is 28.9 Å². The van der Waals surface area contributed by atoms with Crippen LogP contribution < -0.4 is 5.26 Å². The molecule has 0 aromatic heterocycles. The third-order valence-corrected chi connectivity index (χ3v) is 4.91. The summed E-state index contributed by atoms with van der Waals surface area (Å²) >= 11 is -0.789. The largest absolute Gasteiger partial charge is 0.691 e. The van der Waals surface area contributed by atoms with E-state index in [2.05, 4.69) is 9.37 Å². The number of fused-ring (bicyclic) bond motifs is 1. The number of carbonyl (C=O) groups excluding carboxylic acids is 2. The van der Waals surface area contributed by atoms with Gasteiger partial charge in [0.05, 0.1) is 6.07 Å². The van der Waals surface area contributed by atoms with Crippen LogP contribution in [-0.4, -0.2) is 29.4 Å². The number of hydrogen-bond donors (Lipinski definition) is 0. The van der Waals surface area contributed by atoms with E-state index >= 15 is 0 Å². The van der Waals surface area contributed by atoms with Gasteiger partial charge in [-0.15, -0.1) is 0 Å². The highest BCUT2D eigenvalue weighted by Gasteiger charge is 2.72. The normalized spacial score (nSPS) is 38.7. The number of halogens is 2. The summed E-state index contributed by atoms with van der Waals surface area (Å²) in [4.78, 5) is 23.3. The summed E-state index contributed by atoms with van der Waals surface area (Å²) in [7, 11) is 0. The van der Waals surface area contributed by atoms with Gasteiger partial charge in [-0.1, -0.05) is 0 Å². The van der Waals surface area contributed by atoms with Crippen LogP contribution in [0, 0.1) is 28.6 Å². The van der Waals surface area contributed by atoms with Gasteiger partial charge < -0.3 is 14.7 Å². The third kappa shape index (κ3) is 1.98. The monoisotopic (exact) mass is 336 g/mol. The topological polar surface area (TPSA) is 118 Å². The maximum atomic E-state index is 13.3. The average molecular weight is 336 g/mol. The van der Waals surface area contributed by atoms with E-state index in [1.807, 2.05) is 6.07 Å². The summed E-state index contributed by atoms with van der Waals surface area (Å²) in [5.41, 5.74) is -1.25. The lowest BCUT2D eigenvalue weighted by atomic mass is 9.75. The Morgan fingerprint density at radius 3 is 2.95 bits per heavy atom. The van der Waals surface area contributed by atoms with Crippen molar-refractivity contribution in [3.8, 4) is 6.07 Å². The molecule has 3 rings (SSSR count). The molecule has 1 saturated heterocycles. The molecule has 3 fully saturated rings. The fourth-order valence-corrected chi connectivity index (χ4v) is 3.80. The second-order valence-electron chi connectivity index (χ2n) is 5.37. The van der Waals surface area contributed by atoms with E-state index in [-0.39, 0.29) is 6.42 Å². The molecular weight excluding hydrogens is 328 g/mol. The van der Waals surface area contributed by atoms with Gasteiger partial charge in [0.2, 0.25) is 0 Å². The molecule has 0 amide bonds. The van der Waals surface area contributed by atoms with E-state index < -0.39 is 58.7 Å². The van der Waals surface area contributed by atoms with Crippen LogP contribution in [0.3, 0.4) is 0 Å². The highest BCUT2D eigenvalue weighted by molar-refractivity contribution is 7.96. The smallest absolute Gasteiger partial charge is 0.415 e. The summed E-state index contributed by atoms with van der Waals surface area (Å²) in [6, 6.07) is 1.94. The Labute approximate surface area is 126 Å². The number of ether oxygens (including phenoxy) is 2. The first kappa shape index (κ1) is 15.4. The van der Waals surface area contributed by atoms with Crippen molar-refractivity contribution in [1.82, 2.24) is 0 Å². The second-order valence-corrected chi connectivity index (χ2v) is 6.18. The molecule has 2 saturated carbocycles. The van der Waals surface area contributed by atoms with Crippen LogP contribution in [0.2, 0.25) is 0 Å². The molecule has 5 atom stereocenters. The van der Waals surface area contributed by atoms with Crippen LogP contribution >= 0.6 is 12.0 Å². The van der Waals surface area contributed by atoms with Gasteiger partial charge in [-0.05, 0) is 12.8 Å². The highest BCUT2D eigenvalue weighted by atomic mass is 32.2. The lowest BCUT2D eigenvalue weighted by Crippen LogP contribution is -2.42. The summed E-state index contributed by atoms with van der Waals surface area (Å²) in [6.07, 6.45) is -1.43. The predicted octanol–water partition coefficient (Wildman–Crippen LogP) is -0.162. The van der Waals surface area contributed by atoms with Crippen molar-refractivity contribution >= 4 is 24.0 Å². The lowest BCUT2D eigenvalue weighted by molar-refractivity contribution is -0.777. The zero-order chi connectivity index (χ0) is 16.1. The molecule has 5 unspecified atom stereocenters. The van der Waals surface area contributed by atoms with E-state index in [0.717, 1.165) is 0 Å². The standard InChI is InChI=1S/C11H9F2NO7S/c12-11(13,22-21-20-17)9(16)18-6-4-1-5-7(6)19-8(15)10(5,2-4)3-14/h4-7,17H,1-2H2/p-1. The number of nitriles is 1. The van der Waals surface area contributed by atoms with Crippen molar-refractivity contribution in [2.24, 2.45) is 17.3 Å².